The molecule has 3 aliphatic rings. The first-order valence-corrected chi connectivity index (χ1v) is 9.73. The van der Waals surface area contributed by atoms with E-state index in [2.05, 4.69) is 35.7 Å². The zero-order valence-corrected chi connectivity index (χ0v) is 15.9. The highest BCUT2D eigenvalue weighted by molar-refractivity contribution is 7.80. The van der Waals surface area contributed by atoms with Gasteiger partial charge in [0.25, 0.3) is 0 Å². The van der Waals surface area contributed by atoms with Gasteiger partial charge in [0.05, 0.1) is 7.11 Å². The Bertz CT molecular complexity index is 732. The number of methoxy groups -OCH3 is 1. The lowest BCUT2D eigenvalue weighted by Gasteiger charge is -2.49. The fraction of sp³-hybridized carbons (Fsp3) is 0.600. The molecule has 0 radical (unpaired) electrons. The highest BCUT2D eigenvalue weighted by Gasteiger charge is 2.53. The lowest BCUT2D eigenvalue weighted by molar-refractivity contribution is 0.0954. The monoisotopic (exact) mass is 357 g/mol. The Labute approximate surface area is 155 Å². The van der Waals surface area contributed by atoms with Crippen LogP contribution in [0, 0.1) is 17.3 Å². The van der Waals surface area contributed by atoms with Gasteiger partial charge in [-0.25, -0.2) is 0 Å². The van der Waals surface area contributed by atoms with E-state index in [9.17, 15) is 0 Å². The van der Waals surface area contributed by atoms with E-state index < -0.39 is 0 Å². The lowest BCUT2D eigenvalue weighted by atomic mass is 9.55. The molecule has 1 aromatic carbocycles. The Morgan fingerprint density at radius 3 is 2.92 bits per heavy atom. The van der Waals surface area contributed by atoms with Crippen LogP contribution in [-0.2, 0) is 6.42 Å². The SMILES string of the molecule is COc1ccc2c(c1)CC[C@@H]1[C@@H]2CC[C@]2(C)/C(=N/NC(N)=S)CC[C@@H]12. The molecule has 3 aliphatic carbocycles. The number of ether oxygens (including phenoxy) is 1. The van der Waals surface area contributed by atoms with Crippen LogP contribution in [0.25, 0.3) is 0 Å². The summed E-state index contributed by atoms with van der Waals surface area (Å²) in [6, 6.07) is 6.68. The normalized spacial score (nSPS) is 34.8. The molecule has 0 amide bonds. The van der Waals surface area contributed by atoms with Gasteiger partial charge in [-0.05, 0) is 91.8 Å². The minimum atomic E-state index is 0.197. The van der Waals surface area contributed by atoms with Gasteiger partial charge in [0.15, 0.2) is 5.11 Å². The number of aryl methyl sites for hydroxylation is 1. The van der Waals surface area contributed by atoms with Crippen LogP contribution in [0.1, 0.15) is 56.1 Å². The van der Waals surface area contributed by atoms with Crippen molar-refractivity contribution >= 4 is 23.0 Å². The number of rotatable bonds is 2. The van der Waals surface area contributed by atoms with E-state index in [-0.39, 0.29) is 10.5 Å². The van der Waals surface area contributed by atoms with Crippen molar-refractivity contribution < 1.29 is 4.74 Å². The van der Waals surface area contributed by atoms with Gasteiger partial charge in [0.1, 0.15) is 5.75 Å². The Balaban J connectivity index is 1.62. The molecule has 0 aliphatic heterocycles. The predicted molar refractivity (Wildman–Crippen MR) is 105 cm³/mol. The fourth-order valence-electron chi connectivity index (χ4n) is 5.78. The lowest BCUT2D eigenvalue weighted by Crippen LogP contribution is -2.43. The van der Waals surface area contributed by atoms with Crippen LogP contribution in [0.4, 0.5) is 0 Å². The molecule has 4 rings (SSSR count). The second-order valence-electron chi connectivity index (χ2n) is 8.01. The molecule has 3 N–H and O–H groups in total. The highest BCUT2D eigenvalue weighted by Crippen LogP contribution is 2.59. The molecular formula is C20H27N3OS. The van der Waals surface area contributed by atoms with Crippen molar-refractivity contribution in [2.45, 2.75) is 51.4 Å². The molecule has 4 atom stereocenters. The summed E-state index contributed by atoms with van der Waals surface area (Å²) in [5.41, 5.74) is 12.9. The first kappa shape index (κ1) is 16.8. The minimum absolute atomic E-state index is 0.197. The van der Waals surface area contributed by atoms with Crippen LogP contribution in [0.3, 0.4) is 0 Å². The molecule has 5 heteroatoms. The molecule has 0 saturated heterocycles. The summed E-state index contributed by atoms with van der Waals surface area (Å²) in [7, 11) is 1.75. The summed E-state index contributed by atoms with van der Waals surface area (Å²) in [4.78, 5) is 0. The van der Waals surface area contributed by atoms with E-state index in [0.717, 1.165) is 24.5 Å². The Kier molecular flexibility index (Phi) is 4.22. The zero-order valence-electron chi connectivity index (χ0n) is 15.0. The molecular weight excluding hydrogens is 330 g/mol. The first-order chi connectivity index (χ1) is 12.0. The highest BCUT2D eigenvalue weighted by atomic mass is 32.1. The summed E-state index contributed by atoms with van der Waals surface area (Å²) in [6.45, 7) is 2.41. The zero-order chi connectivity index (χ0) is 17.6. The topological polar surface area (TPSA) is 59.6 Å². The van der Waals surface area contributed by atoms with Gasteiger partial charge >= 0.3 is 0 Å². The molecule has 0 heterocycles. The van der Waals surface area contributed by atoms with Gasteiger partial charge in [-0.3, -0.25) is 5.43 Å². The van der Waals surface area contributed by atoms with Gasteiger partial charge < -0.3 is 10.5 Å². The summed E-state index contributed by atoms with van der Waals surface area (Å²) in [5, 5.41) is 4.83. The van der Waals surface area contributed by atoms with Crippen LogP contribution < -0.4 is 15.9 Å². The van der Waals surface area contributed by atoms with Crippen molar-refractivity contribution in [1.82, 2.24) is 5.43 Å². The van der Waals surface area contributed by atoms with Crippen LogP contribution >= 0.6 is 12.2 Å². The molecule has 2 saturated carbocycles. The van der Waals surface area contributed by atoms with E-state index in [1.165, 1.54) is 37.0 Å². The fourth-order valence-corrected chi connectivity index (χ4v) is 5.83. The summed E-state index contributed by atoms with van der Waals surface area (Å²) in [6.07, 6.45) is 7.18. The van der Waals surface area contributed by atoms with Gasteiger partial charge in [-0.2, -0.15) is 5.10 Å². The van der Waals surface area contributed by atoms with Crippen LogP contribution in [0.5, 0.6) is 5.75 Å². The Morgan fingerprint density at radius 2 is 2.16 bits per heavy atom. The van der Waals surface area contributed by atoms with Crippen molar-refractivity contribution in [3.63, 3.8) is 0 Å². The van der Waals surface area contributed by atoms with E-state index in [4.69, 9.17) is 22.7 Å². The molecule has 2 fully saturated rings. The molecule has 25 heavy (non-hydrogen) atoms. The van der Waals surface area contributed by atoms with E-state index in [1.807, 2.05) is 0 Å². The van der Waals surface area contributed by atoms with Crippen molar-refractivity contribution in [2.75, 3.05) is 7.11 Å². The molecule has 0 bridgehead atoms. The van der Waals surface area contributed by atoms with Gasteiger partial charge in [-0.15, -0.1) is 0 Å². The third kappa shape index (κ3) is 2.73. The number of thiocarbonyl (C=S) groups is 1. The van der Waals surface area contributed by atoms with Crippen LogP contribution in [-0.4, -0.2) is 17.9 Å². The summed E-state index contributed by atoms with van der Waals surface area (Å²) in [5.74, 6) is 3.15. The largest absolute Gasteiger partial charge is 0.497 e. The maximum Gasteiger partial charge on any atom is 0.184 e. The smallest absolute Gasteiger partial charge is 0.184 e. The van der Waals surface area contributed by atoms with Crippen molar-refractivity contribution in [3.05, 3.63) is 29.3 Å². The maximum atomic E-state index is 5.57. The molecule has 0 spiro atoms. The average molecular weight is 358 g/mol. The van der Waals surface area contributed by atoms with Crippen molar-refractivity contribution in [1.29, 1.82) is 0 Å². The molecule has 1 aromatic rings. The van der Waals surface area contributed by atoms with Crippen molar-refractivity contribution in [2.24, 2.45) is 28.1 Å². The first-order valence-electron chi connectivity index (χ1n) is 9.32. The van der Waals surface area contributed by atoms with Gasteiger partial charge in [0.2, 0.25) is 0 Å². The number of hydrogen-bond donors (Lipinski definition) is 2. The second kappa shape index (κ2) is 6.27. The predicted octanol–water partition coefficient (Wildman–Crippen LogP) is 3.74. The Hall–Kier alpha value is -1.62. The van der Waals surface area contributed by atoms with Crippen LogP contribution in [0.15, 0.2) is 23.3 Å². The van der Waals surface area contributed by atoms with E-state index in [0.29, 0.717) is 11.8 Å². The summed E-state index contributed by atoms with van der Waals surface area (Å²) < 4.78 is 5.42. The number of nitrogens with zero attached hydrogens (tertiary/aromatic N) is 1. The van der Waals surface area contributed by atoms with Gasteiger partial charge in [0, 0.05) is 11.1 Å². The quantitative estimate of drug-likeness (QED) is 0.625. The molecule has 4 nitrogen and oxygen atoms in total. The van der Waals surface area contributed by atoms with E-state index in [1.54, 1.807) is 12.7 Å². The summed E-state index contributed by atoms with van der Waals surface area (Å²) >= 11 is 4.92. The molecule has 134 valence electrons. The van der Waals surface area contributed by atoms with Crippen molar-refractivity contribution in [3.8, 4) is 5.75 Å². The Morgan fingerprint density at radius 1 is 1.32 bits per heavy atom. The number of nitrogens with two attached hydrogens (primary N) is 1. The number of hydrogen-bond acceptors (Lipinski definition) is 3. The number of nitrogens with one attached hydrogen (secondary N) is 1. The minimum Gasteiger partial charge on any atom is -0.497 e. The number of fused-ring (bicyclic) bond motifs is 5. The molecule has 0 unspecified atom stereocenters. The average Bonchev–Trinajstić information content (AvgIpc) is 2.95. The van der Waals surface area contributed by atoms with Crippen LogP contribution in [0.2, 0.25) is 0 Å². The standard InChI is InChI=1S/C20H27N3OS/c1-20-10-9-15-14-6-4-13(24-2)11-12(14)3-5-16(15)17(20)7-8-18(20)22-23-19(21)25/h4,6,11,15-17H,3,5,7-10H2,1-2H3,(H3,21,23,25)/b22-18+/t15-,16-,17+,20+/m1/s1. The van der Waals surface area contributed by atoms with E-state index >= 15 is 0 Å². The second-order valence-corrected chi connectivity index (χ2v) is 8.45. The number of benzene rings is 1. The third-order valence-electron chi connectivity index (χ3n) is 6.98. The maximum absolute atomic E-state index is 5.57. The molecule has 0 aromatic heterocycles. The number of hydrazone groups is 1. The van der Waals surface area contributed by atoms with Gasteiger partial charge in [-0.1, -0.05) is 13.0 Å². The third-order valence-corrected chi connectivity index (χ3v) is 7.07.